The van der Waals surface area contributed by atoms with Gasteiger partial charge in [-0.15, -0.1) is 11.6 Å². The molecule has 0 atom stereocenters. The second kappa shape index (κ2) is 10.1. The van der Waals surface area contributed by atoms with Gasteiger partial charge in [-0.1, -0.05) is 54.4 Å². The molecule has 0 aliphatic carbocycles. The van der Waals surface area contributed by atoms with Crippen LogP contribution in [-0.2, 0) is 6.18 Å². The number of hydrogen-bond donors (Lipinski definition) is 0. The minimum Gasteiger partial charge on any atom is -0.166 e. The van der Waals surface area contributed by atoms with Crippen molar-refractivity contribution in [2.45, 2.75) is 44.3 Å². The van der Waals surface area contributed by atoms with E-state index in [1.54, 1.807) is 6.07 Å². The molecule has 116 valence electrons. The minimum atomic E-state index is -4.25. The maximum Gasteiger partial charge on any atom is 0.416 e. The van der Waals surface area contributed by atoms with Crippen LogP contribution in [0.2, 0.25) is 6.04 Å². The number of halogens is 4. The fraction of sp³-hybridized carbons (Fsp3) is 0.500. The molecule has 5 heteroatoms. The summed E-state index contributed by atoms with van der Waals surface area (Å²) in [5, 5.41) is 0.761. The van der Waals surface area contributed by atoms with Crippen molar-refractivity contribution in [3.8, 4) is 0 Å². The lowest BCUT2D eigenvalue weighted by atomic mass is 10.1. The lowest BCUT2D eigenvalue weighted by molar-refractivity contribution is -0.137. The van der Waals surface area contributed by atoms with Crippen LogP contribution in [-0.4, -0.2) is 15.4 Å². The highest BCUT2D eigenvalue weighted by molar-refractivity contribution is 6.53. The predicted octanol–water partition coefficient (Wildman–Crippen LogP) is 5.20. The Morgan fingerprint density at radius 3 is 2.52 bits per heavy atom. The van der Waals surface area contributed by atoms with Crippen molar-refractivity contribution in [2.75, 3.05) is 5.88 Å². The molecule has 0 saturated carbocycles. The summed E-state index contributed by atoms with van der Waals surface area (Å²) < 4.78 is 37.7. The van der Waals surface area contributed by atoms with E-state index < -0.39 is 11.7 Å². The zero-order valence-electron chi connectivity index (χ0n) is 11.9. The van der Waals surface area contributed by atoms with Gasteiger partial charge in [-0.25, -0.2) is 0 Å². The number of hydrogen-bond acceptors (Lipinski definition) is 0. The van der Waals surface area contributed by atoms with Crippen LogP contribution in [0, 0.1) is 0 Å². The summed E-state index contributed by atoms with van der Waals surface area (Å²) in [5.74, 6) is 0.730. The van der Waals surface area contributed by atoms with Crippen molar-refractivity contribution in [3.05, 3.63) is 42.0 Å². The summed E-state index contributed by atoms with van der Waals surface area (Å²) in [6, 6.07) is 6.41. The number of benzene rings is 1. The standard InChI is InChI=1S/C16H20ClF3Si/c17-11-6-4-2-1-3-5-7-12-21-15-10-8-9-14(13-15)16(18,19)20/h5,7-10,13H,1-4,6,11-12H2. The van der Waals surface area contributed by atoms with Gasteiger partial charge in [0.15, 0.2) is 0 Å². The smallest absolute Gasteiger partial charge is 0.166 e. The topological polar surface area (TPSA) is 0 Å². The molecule has 0 amide bonds. The molecule has 21 heavy (non-hydrogen) atoms. The molecule has 0 bridgehead atoms. The van der Waals surface area contributed by atoms with Crippen LogP contribution in [0.4, 0.5) is 13.2 Å². The van der Waals surface area contributed by atoms with Crippen molar-refractivity contribution in [3.63, 3.8) is 0 Å². The second-order valence-electron chi connectivity index (χ2n) is 4.82. The van der Waals surface area contributed by atoms with E-state index in [-0.39, 0.29) is 0 Å². The van der Waals surface area contributed by atoms with E-state index in [2.05, 4.69) is 12.2 Å². The Morgan fingerprint density at radius 2 is 1.81 bits per heavy atom. The first-order chi connectivity index (χ1) is 10.0. The number of alkyl halides is 4. The van der Waals surface area contributed by atoms with Gasteiger partial charge in [0.05, 0.1) is 15.1 Å². The number of rotatable bonds is 9. The highest BCUT2D eigenvalue weighted by Gasteiger charge is 2.30. The molecule has 0 heterocycles. The molecule has 0 aliphatic heterocycles. The van der Waals surface area contributed by atoms with Gasteiger partial charge < -0.3 is 0 Å². The molecule has 0 nitrogen and oxygen atoms in total. The molecule has 0 fully saturated rings. The Kier molecular flexibility index (Phi) is 8.77. The van der Waals surface area contributed by atoms with E-state index in [4.69, 9.17) is 11.6 Å². The van der Waals surface area contributed by atoms with Crippen LogP contribution < -0.4 is 5.19 Å². The van der Waals surface area contributed by atoms with Gasteiger partial charge in [0.2, 0.25) is 0 Å². The van der Waals surface area contributed by atoms with E-state index in [1.807, 2.05) is 0 Å². The predicted molar refractivity (Wildman–Crippen MR) is 84.6 cm³/mol. The monoisotopic (exact) mass is 332 g/mol. The number of unbranched alkanes of at least 4 members (excludes halogenated alkanes) is 4. The Bertz CT molecular complexity index is 430. The van der Waals surface area contributed by atoms with E-state index in [0.717, 1.165) is 42.4 Å². The Morgan fingerprint density at radius 1 is 1.05 bits per heavy atom. The molecule has 0 aliphatic rings. The van der Waals surface area contributed by atoms with Crippen LogP contribution >= 0.6 is 11.6 Å². The zero-order chi connectivity index (χ0) is 15.6. The molecule has 0 saturated heterocycles. The average molecular weight is 333 g/mol. The molecule has 0 unspecified atom stereocenters. The van der Waals surface area contributed by atoms with E-state index >= 15 is 0 Å². The van der Waals surface area contributed by atoms with Gasteiger partial charge in [0.1, 0.15) is 0 Å². The van der Waals surface area contributed by atoms with Gasteiger partial charge in [0.25, 0.3) is 0 Å². The Labute approximate surface area is 132 Å². The van der Waals surface area contributed by atoms with Gasteiger partial charge in [0, 0.05) is 5.88 Å². The second-order valence-corrected chi connectivity index (χ2v) is 6.54. The van der Waals surface area contributed by atoms with Crippen LogP contribution in [0.15, 0.2) is 36.4 Å². The van der Waals surface area contributed by atoms with Gasteiger partial charge in [-0.2, -0.15) is 13.2 Å². The van der Waals surface area contributed by atoms with E-state index in [0.29, 0.717) is 9.52 Å². The SMILES string of the molecule is FC(F)(F)c1cccc([Si]CC=CCCCCCCCl)c1. The first kappa shape index (κ1) is 18.3. The first-order valence-electron chi connectivity index (χ1n) is 7.16. The Hall–Kier alpha value is -0.743. The molecular formula is C16H20ClF3Si. The quantitative estimate of drug-likeness (QED) is 0.252. The van der Waals surface area contributed by atoms with Crippen molar-refractivity contribution < 1.29 is 13.2 Å². The van der Waals surface area contributed by atoms with Crippen molar-refractivity contribution >= 4 is 26.3 Å². The van der Waals surface area contributed by atoms with Gasteiger partial charge in [-0.05, 0) is 25.3 Å². The van der Waals surface area contributed by atoms with Crippen molar-refractivity contribution in [2.24, 2.45) is 0 Å². The molecule has 1 aromatic carbocycles. The molecule has 0 aromatic heterocycles. The molecule has 1 rings (SSSR count). The zero-order valence-corrected chi connectivity index (χ0v) is 13.7. The first-order valence-corrected chi connectivity index (χ1v) is 8.90. The molecular weight excluding hydrogens is 313 g/mol. The van der Waals surface area contributed by atoms with Crippen molar-refractivity contribution in [1.29, 1.82) is 0 Å². The maximum atomic E-state index is 12.6. The highest BCUT2D eigenvalue weighted by Crippen LogP contribution is 2.28. The third-order valence-electron chi connectivity index (χ3n) is 3.04. The van der Waals surface area contributed by atoms with E-state index in [9.17, 15) is 13.2 Å². The summed E-state index contributed by atoms with van der Waals surface area (Å²) in [7, 11) is 0.388. The summed E-state index contributed by atoms with van der Waals surface area (Å²) in [6.07, 6.45) is 5.56. The van der Waals surface area contributed by atoms with Crippen LogP contribution in [0.25, 0.3) is 0 Å². The van der Waals surface area contributed by atoms with Crippen LogP contribution in [0.5, 0.6) is 0 Å². The Balaban J connectivity index is 2.23. The lowest BCUT2D eigenvalue weighted by Crippen LogP contribution is -2.16. The molecule has 0 spiro atoms. The summed E-state index contributed by atoms with van der Waals surface area (Å²) >= 11 is 5.60. The minimum absolute atomic E-state index is 0.388. The summed E-state index contributed by atoms with van der Waals surface area (Å²) in [6.45, 7) is 0. The fourth-order valence-electron chi connectivity index (χ4n) is 1.89. The average Bonchev–Trinajstić information content (AvgIpc) is 2.45. The lowest BCUT2D eigenvalue weighted by Gasteiger charge is -2.07. The fourth-order valence-corrected chi connectivity index (χ4v) is 3.07. The van der Waals surface area contributed by atoms with Crippen LogP contribution in [0.3, 0.4) is 0 Å². The summed E-state index contributed by atoms with van der Waals surface area (Å²) in [5.41, 5.74) is -0.559. The van der Waals surface area contributed by atoms with Gasteiger partial charge >= 0.3 is 6.18 Å². The normalized spacial score (nSPS) is 12.2. The molecule has 1 aromatic rings. The van der Waals surface area contributed by atoms with Crippen LogP contribution in [0.1, 0.15) is 37.7 Å². The highest BCUT2D eigenvalue weighted by atomic mass is 35.5. The van der Waals surface area contributed by atoms with Crippen molar-refractivity contribution in [1.82, 2.24) is 0 Å². The van der Waals surface area contributed by atoms with Gasteiger partial charge in [-0.3, -0.25) is 0 Å². The van der Waals surface area contributed by atoms with E-state index in [1.165, 1.54) is 25.0 Å². The maximum absolute atomic E-state index is 12.6. The molecule has 0 N–H and O–H groups in total. The number of allylic oxidation sites excluding steroid dienone is 2. The molecule has 2 radical (unpaired) electrons. The summed E-state index contributed by atoms with van der Waals surface area (Å²) in [4.78, 5) is 0. The third kappa shape index (κ3) is 8.32. The third-order valence-corrected chi connectivity index (χ3v) is 4.46. The largest absolute Gasteiger partial charge is 0.416 e.